The number of rotatable bonds is 3. The van der Waals surface area contributed by atoms with Crippen molar-refractivity contribution in [3.8, 4) is 0 Å². The van der Waals surface area contributed by atoms with Crippen LogP contribution in [0.5, 0.6) is 0 Å². The minimum absolute atomic E-state index is 0.283. The largest absolute Gasteiger partial charge is 0.480 e. The van der Waals surface area contributed by atoms with E-state index in [1.165, 1.54) is 6.07 Å². The molecule has 1 atom stereocenters. The van der Waals surface area contributed by atoms with Gasteiger partial charge in [0.25, 0.3) is 0 Å². The van der Waals surface area contributed by atoms with Crippen LogP contribution in [0, 0.1) is 5.82 Å². The number of nitrogens with two attached hydrogens (primary N) is 1. The first-order valence-corrected chi connectivity index (χ1v) is 6.39. The van der Waals surface area contributed by atoms with Crippen LogP contribution in [0.2, 0.25) is 0 Å². The molecule has 1 aliphatic rings. The van der Waals surface area contributed by atoms with Gasteiger partial charge in [-0.25, -0.2) is 4.39 Å². The normalized spacial score (nSPS) is 24.4. The van der Waals surface area contributed by atoms with E-state index in [2.05, 4.69) is 15.9 Å². The highest BCUT2D eigenvalue weighted by atomic mass is 79.9. The molecule has 0 bridgehead atoms. The molecule has 6 heteroatoms. The van der Waals surface area contributed by atoms with Gasteiger partial charge < -0.3 is 10.8 Å². The van der Waals surface area contributed by atoms with Crippen LogP contribution in [-0.2, 0) is 11.3 Å². The third kappa shape index (κ3) is 2.55. The Morgan fingerprint density at radius 3 is 2.94 bits per heavy atom. The standard InChI is InChI=1S/C12H14BrFN2O2/c13-10-8(2-1-3-9(10)14)6-16-5-4-12(15,7-16)11(17)18/h1-3H,4-7,15H2,(H,17,18). The molecular formula is C12H14BrFN2O2. The molecule has 0 aliphatic carbocycles. The van der Waals surface area contributed by atoms with E-state index in [9.17, 15) is 9.18 Å². The van der Waals surface area contributed by atoms with E-state index in [1.807, 2.05) is 11.0 Å². The topological polar surface area (TPSA) is 66.6 Å². The first kappa shape index (κ1) is 13.5. The SMILES string of the molecule is NC1(C(=O)O)CCN(Cc2cccc(F)c2Br)C1. The predicted octanol–water partition coefficient (Wildman–Crippen LogP) is 1.58. The molecule has 18 heavy (non-hydrogen) atoms. The van der Waals surface area contributed by atoms with Gasteiger partial charge in [-0.1, -0.05) is 12.1 Å². The number of benzene rings is 1. The lowest BCUT2D eigenvalue weighted by atomic mass is 10.0. The zero-order chi connectivity index (χ0) is 13.3. The van der Waals surface area contributed by atoms with Gasteiger partial charge in [-0.3, -0.25) is 9.69 Å². The molecule has 1 aliphatic heterocycles. The van der Waals surface area contributed by atoms with E-state index >= 15 is 0 Å². The predicted molar refractivity (Wildman–Crippen MR) is 68.5 cm³/mol. The summed E-state index contributed by atoms with van der Waals surface area (Å²) in [6.07, 6.45) is 0.412. The Morgan fingerprint density at radius 1 is 1.61 bits per heavy atom. The Morgan fingerprint density at radius 2 is 2.33 bits per heavy atom. The minimum Gasteiger partial charge on any atom is -0.480 e. The summed E-state index contributed by atoms with van der Waals surface area (Å²) in [6.45, 7) is 1.38. The van der Waals surface area contributed by atoms with Crippen LogP contribution in [0.3, 0.4) is 0 Å². The monoisotopic (exact) mass is 316 g/mol. The highest BCUT2D eigenvalue weighted by Gasteiger charge is 2.41. The van der Waals surface area contributed by atoms with Crippen LogP contribution >= 0.6 is 15.9 Å². The summed E-state index contributed by atoms with van der Waals surface area (Å²) in [4.78, 5) is 12.9. The van der Waals surface area contributed by atoms with Gasteiger partial charge in [-0.15, -0.1) is 0 Å². The van der Waals surface area contributed by atoms with E-state index in [4.69, 9.17) is 10.8 Å². The summed E-state index contributed by atoms with van der Waals surface area (Å²) in [5.74, 6) is -1.30. The van der Waals surface area contributed by atoms with Gasteiger partial charge in [0.05, 0.1) is 4.47 Å². The number of carboxylic acids is 1. The lowest BCUT2D eigenvalue weighted by Gasteiger charge is -2.20. The first-order valence-electron chi connectivity index (χ1n) is 5.60. The quantitative estimate of drug-likeness (QED) is 0.888. The number of carbonyl (C=O) groups is 1. The summed E-state index contributed by atoms with van der Waals surface area (Å²) in [6, 6.07) is 4.82. The van der Waals surface area contributed by atoms with Crippen LogP contribution < -0.4 is 5.73 Å². The molecule has 3 N–H and O–H groups in total. The van der Waals surface area contributed by atoms with E-state index < -0.39 is 11.5 Å². The number of aliphatic carboxylic acids is 1. The van der Waals surface area contributed by atoms with Crippen LogP contribution in [-0.4, -0.2) is 34.6 Å². The Labute approximate surface area is 113 Å². The van der Waals surface area contributed by atoms with Crippen LogP contribution in [0.4, 0.5) is 4.39 Å². The average Bonchev–Trinajstić information content (AvgIpc) is 2.68. The van der Waals surface area contributed by atoms with Crippen LogP contribution in [0.15, 0.2) is 22.7 Å². The van der Waals surface area contributed by atoms with Crippen molar-refractivity contribution in [3.63, 3.8) is 0 Å². The van der Waals surface area contributed by atoms with E-state index in [-0.39, 0.29) is 12.4 Å². The molecule has 1 unspecified atom stereocenters. The molecule has 98 valence electrons. The molecule has 1 fully saturated rings. The summed E-state index contributed by atoms with van der Waals surface area (Å²) >= 11 is 3.20. The van der Waals surface area contributed by atoms with Gasteiger partial charge in [0.1, 0.15) is 11.4 Å². The maximum Gasteiger partial charge on any atom is 0.325 e. The lowest BCUT2D eigenvalue weighted by molar-refractivity contribution is -0.142. The molecule has 1 aromatic carbocycles. The van der Waals surface area contributed by atoms with Crippen molar-refractivity contribution in [3.05, 3.63) is 34.1 Å². The number of hydrogen-bond acceptors (Lipinski definition) is 3. The third-order valence-electron chi connectivity index (χ3n) is 3.23. The average molecular weight is 317 g/mol. The maximum atomic E-state index is 13.3. The smallest absolute Gasteiger partial charge is 0.325 e. The molecule has 1 heterocycles. The van der Waals surface area contributed by atoms with Crippen LogP contribution in [0.1, 0.15) is 12.0 Å². The zero-order valence-corrected chi connectivity index (χ0v) is 11.3. The number of carboxylic acid groups (broad SMARTS) is 1. The van der Waals surface area contributed by atoms with Crippen molar-refractivity contribution in [1.29, 1.82) is 0 Å². The van der Waals surface area contributed by atoms with Gasteiger partial charge in [0, 0.05) is 19.6 Å². The Bertz CT molecular complexity index is 483. The zero-order valence-electron chi connectivity index (χ0n) is 9.70. The Hall–Kier alpha value is -0.980. The Balaban J connectivity index is 2.08. The van der Waals surface area contributed by atoms with Gasteiger partial charge in [-0.2, -0.15) is 0 Å². The fraction of sp³-hybridized carbons (Fsp3) is 0.417. The maximum absolute atomic E-state index is 13.3. The fourth-order valence-corrected chi connectivity index (χ4v) is 2.53. The van der Waals surface area contributed by atoms with E-state index in [0.29, 0.717) is 24.0 Å². The van der Waals surface area contributed by atoms with Gasteiger partial charge >= 0.3 is 5.97 Å². The number of nitrogens with zero attached hydrogens (tertiary/aromatic N) is 1. The minimum atomic E-state index is -1.18. The van der Waals surface area contributed by atoms with Gasteiger partial charge in [-0.05, 0) is 34.0 Å². The summed E-state index contributed by atoms with van der Waals surface area (Å²) < 4.78 is 13.8. The molecule has 1 aromatic rings. The second-order valence-electron chi connectivity index (χ2n) is 4.63. The number of hydrogen-bond donors (Lipinski definition) is 2. The second-order valence-corrected chi connectivity index (χ2v) is 5.43. The first-order chi connectivity index (χ1) is 8.42. The van der Waals surface area contributed by atoms with Crippen molar-refractivity contribution in [1.82, 2.24) is 4.90 Å². The molecule has 1 saturated heterocycles. The molecule has 0 spiro atoms. The summed E-state index contributed by atoms with van der Waals surface area (Å²) in [7, 11) is 0. The molecular weight excluding hydrogens is 303 g/mol. The van der Waals surface area contributed by atoms with Crippen molar-refractivity contribution in [2.75, 3.05) is 13.1 Å². The second kappa shape index (κ2) is 4.95. The van der Waals surface area contributed by atoms with E-state index in [0.717, 1.165) is 5.56 Å². The fourth-order valence-electron chi connectivity index (χ4n) is 2.14. The molecule has 0 aromatic heterocycles. The lowest BCUT2D eigenvalue weighted by Crippen LogP contribution is -2.50. The van der Waals surface area contributed by atoms with Crippen molar-refractivity contribution >= 4 is 21.9 Å². The number of likely N-dealkylation sites (tertiary alicyclic amines) is 1. The van der Waals surface area contributed by atoms with Crippen molar-refractivity contribution < 1.29 is 14.3 Å². The summed E-state index contributed by atoms with van der Waals surface area (Å²) in [5.41, 5.74) is 5.40. The summed E-state index contributed by atoms with van der Waals surface area (Å²) in [5, 5.41) is 9.03. The highest BCUT2D eigenvalue weighted by molar-refractivity contribution is 9.10. The van der Waals surface area contributed by atoms with Crippen molar-refractivity contribution in [2.45, 2.75) is 18.5 Å². The van der Waals surface area contributed by atoms with Crippen molar-refractivity contribution in [2.24, 2.45) is 5.73 Å². The molecule has 0 amide bonds. The van der Waals surface area contributed by atoms with Gasteiger partial charge in [0.2, 0.25) is 0 Å². The molecule has 4 nitrogen and oxygen atoms in total. The highest BCUT2D eigenvalue weighted by Crippen LogP contribution is 2.25. The molecule has 0 saturated carbocycles. The van der Waals surface area contributed by atoms with Crippen LogP contribution in [0.25, 0.3) is 0 Å². The Kier molecular flexibility index (Phi) is 3.70. The van der Waals surface area contributed by atoms with Gasteiger partial charge in [0.15, 0.2) is 0 Å². The number of halogens is 2. The molecule has 0 radical (unpaired) electrons. The van der Waals surface area contributed by atoms with E-state index in [1.54, 1.807) is 6.07 Å². The molecule has 2 rings (SSSR count). The third-order valence-corrected chi connectivity index (χ3v) is 4.12.